The Balaban J connectivity index is 2.76. The van der Waals surface area contributed by atoms with Crippen molar-refractivity contribution in [1.29, 1.82) is 0 Å². The SMILES string of the molecule is CCCN(CCBr)C(=O)c1cnoc1C. The zero-order valence-electron chi connectivity index (χ0n) is 8.99. The lowest BCUT2D eigenvalue weighted by atomic mass is 10.2. The average Bonchev–Trinajstić information content (AvgIpc) is 2.63. The van der Waals surface area contributed by atoms with Crippen LogP contribution in [0.3, 0.4) is 0 Å². The van der Waals surface area contributed by atoms with Crippen LogP contribution in [0.15, 0.2) is 10.7 Å². The molecule has 0 saturated carbocycles. The highest BCUT2D eigenvalue weighted by Crippen LogP contribution is 2.10. The van der Waals surface area contributed by atoms with E-state index in [1.165, 1.54) is 6.20 Å². The number of hydrogen-bond acceptors (Lipinski definition) is 3. The Morgan fingerprint density at radius 3 is 2.80 bits per heavy atom. The summed E-state index contributed by atoms with van der Waals surface area (Å²) < 4.78 is 4.88. The van der Waals surface area contributed by atoms with E-state index in [4.69, 9.17) is 4.52 Å². The molecule has 15 heavy (non-hydrogen) atoms. The number of halogens is 1. The first-order valence-corrected chi connectivity index (χ1v) is 6.09. The molecule has 0 aromatic carbocycles. The summed E-state index contributed by atoms with van der Waals surface area (Å²) in [5.74, 6) is 0.575. The molecular weight excluding hydrogens is 260 g/mol. The molecule has 84 valence electrons. The number of alkyl halides is 1. The summed E-state index contributed by atoms with van der Waals surface area (Å²) in [6.07, 6.45) is 2.43. The van der Waals surface area contributed by atoms with E-state index in [0.29, 0.717) is 17.9 Å². The molecule has 0 spiro atoms. The largest absolute Gasteiger partial charge is 0.361 e. The number of amides is 1. The number of aromatic nitrogens is 1. The molecule has 4 nitrogen and oxygen atoms in total. The maximum atomic E-state index is 12.0. The molecule has 0 radical (unpaired) electrons. The summed E-state index contributed by atoms with van der Waals surface area (Å²) in [7, 11) is 0. The van der Waals surface area contributed by atoms with Crippen LogP contribution in [0.4, 0.5) is 0 Å². The molecule has 1 amide bonds. The maximum absolute atomic E-state index is 12.0. The van der Waals surface area contributed by atoms with Gasteiger partial charge in [0, 0.05) is 18.4 Å². The van der Waals surface area contributed by atoms with Crippen molar-refractivity contribution in [2.45, 2.75) is 20.3 Å². The topological polar surface area (TPSA) is 46.3 Å². The molecule has 0 bridgehead atoms. The molecule has 0 fully saturated rings. The normalized spacial score (nSPS) is 10.3. The Hall–Kier alpha value is -0.840. The molecule has 0 aliphatic heterocycles. The lowest BCUT2D eigenvalue weighted by Gasteiger charge is -2.20. The first kappa shape index (κ1) is 12.2. The van der Waals surface area contributed by atoms with Gasteiger partial charge in [-0.25, -0.2) is 0 Å². The standard InChI is InChI=1S/C10H15BrN2O2/c1-3-5-13(6-4-11)10(14)9-7-12-15-8(9)2/h7H,3-6H2,1-2H3. The number of carbonyl (C=O) groups is 1. The predicted molar refractivity (Wildman–Crippen MR) is 61.2 cm³/mol. The van der Waals surface area contributed by atoms with Crippen molar-refractivity contribution in [2.75, 3.05) is 18.4 Å². The summed E-state index contributed by atoms with van der Waals surface area (Å²) in [6.45, 7) is 5.26. The second-order valence-corrected chi connectivity index (χ2v) is 4.07. The molecule has 0 saturated heterocycles. The van der Waals surface area contributed by atoms with Crippen LogP contribution in [0.25, 0.3) is 0 Å². The summed E-state index contributed by atoms with van der Waals surface area (Å²) in [5.41, 5.74) is 0.560. The van der Waals surface area contributed by atoms with Crippen molar-refractivity contribution in [2.24, 2.45) is 0 Å². The fraction of sp³-hybridized carbons (Fsp3) is 0.600. The van der Waals surface area contributed by atoms with E-state index in [9.17, 15) is 4.79 Å². The quantitative estimate of drug-likeness (QED) is 0.774. The van der Waals surface area contributed by atoms with Gasteiger partial charge in [-0.3, -0.25) is 4.79 Å². The minimum absolute atomic E-state index is 0.00458. The van der Waals surface area contributed by atoms with Crippen molar-refractivity contribution >= 4 is 21.8 Å². The average molecular weight is 275 g/mol. The highest BCUT2D eigenvalue weighted by Gasteiger charge is 2.18. The number of carbonyl (C=O) groups excluding carboxylic acids is 1. The summed E-state index contributed by atoms with van der Waals surface area (Å²) >= 11 is 3.34. The maximum Gasteiger partial charge on any atom is 0.259 e. The number of rotatable bonds is 5. The molecule has 0 atom stereocenters. The Bertz CT molecular complexity index is 319. The molecule has 0 unspecified atom stereocenters. The third-order valence-corrected chi connectivity index (χ3v) is 2.47. The van der Waals surface area contributed by atoms with Crippen LogP contribution in [0.5, 0.6) is 0 Å². The van der Waals surface area contributed by atoms with Gasteiger partial charge in [-0.1, -0.05) is 28.0 Å². The molecule has 0 N–H and O–H groups in total. The van der Waals surface area contributed by atoms with Crippen molar-refractivity contribution in [3.8, 4) is 0 Å². The van der Waals surface area contributed by atoms with Gasteiger partial charge in [-0.05, 0) is 13.3 Å². The highest BCUT2D eigenvalue weighted by atomic mass is 79.9. The third kappa shape index (κ3) is 3.06. The van der Waals surface area contributed by atoms with Crippen LogP contribution in [0, 0.1) is 6.92 Å². The third-order valence-electron chi connectivity index (χ3n) is 2.12. The number of hydrogen-bond donors (Lipinski definition) is 0. The van der Waals surface area contributed by atoms with Gasteiger partial charge in [0.2, 0.25) is 0 Å². The Kier molecular flexibility index (Phi) is 4.81. The van der Waals surface area contributed by atoms with Crippen LogP contribution < -0.4 is 0 Å². The summed E-state index contributed by atoms with van der Waals surface area (Å²) in [6, 6.07) is 0. The zero-order valence-corrected chi connectivity index (χ0v) is 10.6. The lowest BCUT2D eigenvalue weighted by Crippen LogP contribution is -2.33. The van der Waals surface area contributed by atoms with E-state index < -0.39 is 0 Å². The fourth-order valence-electron chi connectivity index (χ4n) is 1.36. The first-order valence-electron chi connectivity index (χ1n) is 4.97. The molecule has 1 heterocycles. The summed E-state index contributed by atoms with van der Waals surface area (Å²) in [5, 5.41) is 4.39. The number of aryl methyl sites for hydroxylation is 1. The van der Waals surface area contributed by atoms with E-state index in [1.54, 1.807) is 11.8 Å². The molecule has 1 rings (SSSR count). The van der Waals surface area contributed by atoms with Crippen LogP contribution >= 0.6 is 15.9 Å². The first-order chi connectivity index (χ1) is 7.20. The zero-order chi connectivity index (χ0) is 11.3. The number of nitrogens with zero attached hydrogens (tertiary/aromatic N) is 2. The van der Waals surface area contributed by atoms with Crippen LogP contribution in [-0.2, 0) is 0 Å². The van der Waals surface area contributed by atoms with Crippen LogP contribution in [0.2, 0.25) is 0 Å². The van der Waals surface area contributed by atoms with Gasteiger partial charge in [0.25, 0.3) is 5.91 Å². The van der Waals surface area contributed by atoms with E-state index in [0.717, 1.165) is 18.3 Å². The van der Waals surface area contributed by atoms with E-state index in [1.807, 2.05) is 0 Å². The van der Waals surface area contributed by atoms with Crippen molar-refractivity contribution in [1.82, 2.24) is 10.1 Å². The van der Waals surface area contributed by atoms with Crippen LogP contribution in [-0.4, -0.2) is 34.4 Å². The van der Waals surface area contributed by atoms with E-state index in [2.05, 4.69) is 28.0 Å². The van der Waals surface area contributed by atoms with Gasteiger partial charge in [-0.2, -0.15) is 0 Å². The predicted octanol–water partition coefficient (Wildman–Crippen LogP) is 2.23. The van der Waals surface area contributed by atoms with Crippen LogP contribution in [0.1, 0.15) is 29.5 Å². The molecule has 0 aliphatic rings. The molecule has 0 aliphatic carbocycles. The van der Waals surface area contributed by atoms with Gasteiger partial charge in [0.15, 0.2) is 0 Å². The Labute approximate surface area is 97.7 Å². The van der Waals surface area contributed by atoms with Crippen molar-refractivity contribution < 1.29 is 9.32 Å². The summed E-state index contributed by atoms with van der Waals surface area (Å²) in [4.78, 5) is 13.8. The molecule has 5 heteroatoms. The smallest absolute Gasteiger partial charge is 0.259 e. The van der Waals surface area contributed by atoms with Gasteiger partial charge in [0.1, 0.15) is 11.3 Å². The van der Waals surface area contributed by atoms with Gasteiger partial charge >= 0.3 is 0 Å². The van der Waals surface area contributed by atoms with Crippen molar-refractivity contribution in [3.63, 3.8) is 0 Å². The van der Waals surface area contributed by atoms with E-state index >= 15 is 0 Å². The monoisotopic (exact) mass is 274 g/mol. The Morgan fingerprint density at radius 1 is 1.60 bits per heavy atom. The minimum Gasteiger partial charge on any atom is -0.361 e. The van der Waals surface area contributed by atoms with Gasteiger partial charge in [0.05, 0.1) is 6.20 Å². The van der Waals surface area contributed by atoms with Crippen molar-refractivity contribution in [3.05, 3.63) is 17.5 Å². The van der Waals surface area contributed by atoms with E-state index in [-0.39, 0.29) is 5.91 Å². The second kappa shape index (κ2) is 5.90. The molecule has 1 aromatic heterocycles. The highest BCUT2D eigenvalue weighted by molar-refractivity contribution is 9.09. The molecular formula is C10H15BrN2O2. The molecule has 1 aromatic rings. The van der Waals surface area contributed by atoms with Gasteiger partial charge < -0.3 is 9.42 Å². The lowest BCUT2D eigenvalue weighted by molar-refractivity contribution is 0.0764. The fourth-order valence-corrected chi connectivity index (χ4v) is 1.79. The Morgan fingerprint density at radius 2 is 2.33 bits per heavy atom. The van der Waals surface area contributed by atoms with Gasteiger partial charge in [-0.15, -0.1) is 0 Å². The second-order valence-electron chi connectivity index (χ2n) is 3.28. The minimum atomic E-state index is -0.00458.